The molecule has 8 nitrogen and oxygen atoms in total. The molecule has 0 saturated carbocycles. The summed E-state index contributed by atoms with van der Waals surface area (Å²) in [5, 5.41) is 2.56. The molecule has 3 rings (SSSR count). The minimum absolute atomic E-state index is 0.0830. The number of nitrogens with one attached hydrogen (secondary N) is 1. The summed E-state index contributed by atoms with van der Waals surface area (Å²) in [4.78, 5) is 50.8. The van der Waals surface area contributed by atoms with Gasteiger partial charge >= 0.3 is 5.97 Å². The molecule has 0 spiro atoms. The van der Waals surface area contributed by atoms with Crippen LogP contribution in [-0.4, -0.2) is 42.9 Å². The standard InChI is InChI=1S/C22H22N2O6/c1-4-23-19(25)13(3)30-22(28)14-6-11-17-18(12-14)21(27)24(20(17)26)15-7-9-16(10-8-15)29-5-2/h6-13H,4-5H2,1-3H3,(H,23,25)/t13-/m1/s1. The summed E-state index contributed by atoms with van der Waals surface area (Å²) >= 11 is 0. The molecular weight excluding hydrogens is 388 g/mol. The lowest BCUT2D eigenvalue weighted by molar-refractivity contribution is -0.128. The number of carbonyl (C=O) groups is 4. The normalized spacial score (nSPS) is 13.6. The first-order chi connectivity index (χ1) is 14.4. The van der Waals surface area contributed by atoms with E-state index < -0.39 is 29.8 Å². The van der Waals surface area contributed by atoms with E-state index >= 15 is 0 Å². The number of carbonyl (C=O) groups excluding carboxylic acids is 4. The average molecular weight is 410 g/mol. The topological polar surface area (TPSA) is 102 Å². The van der Waals surface area contributed by atoms with E-state index in [1.54, 1.807) is 31.2 Å². The van der Waals surface area contributed by atoms with E-state index in [4.69, 9.17) is 9.47 Å². The maximum absolute atomic E-state index is 12.9. The number of rotatable bonds is 7. The number of hydrogen-bond acceptors (Lipinski definition) is 6. The zero-order chi connectivity index (χ0) is 21.8. The second-order valence-corrected chi connectivity index (χ2v) is 6.58. The Balaban J connectivity index is 1.81. The summed E-state index contributed by atoms with van der Waals surface area (Å²) in [5.41, 5.74) is 0.787. The van der Waals surface area contributed by atoms with Gasteiger partial charge in [0, 0.05) is 6.54 Å². The van der Waals surface area contributed by atoms with Crippen molar-refractivity contribution in [2.24, 2.45) is 0 Å². The van der Waals surface area contributed by atoms with Crippen molar-refractivity contribution in [3.63, 3.8) is 0 Å². The molecule has 2 aromatic carbocycles. The van der Waals surface area contributed by atoms with Gasteiger partial charge in [0.1, 0.15) is 5.75 Å². The lowest BCUT2D eigenvalue weighted by Crippen LogP contribution is -2.35. The Bertz CT molecular complexity index is 999. The highest BCUT2D eigenvalue weighted by Gasteiger charge is 2.37. The summed E-state index contributed by atoms with van der Waals surface area (Å²) in [5.74, 6) is -1.55. The summed E-state index contributed by atoms with van der Waals surface area (Å²) in [6, 6.07) is 10.7. The molecule has 30 heavy (non-hydrogen) atoms. The fraction of sp³-hybridized carbons (Fsp3) is 0.273. The Labute approximate surface area is 173 Å². The predicted molar refractivity (Wildman–Crippen MR) is 109 cm³/mol. The molecule has 3 amide bonds. The van der Waals surface area contributed by atoms with Gasteiger partial charge in [0.15, 0.2) is 6.10 Å². The highest BCUT2D eigenvalue weighted by molar-refractivity contribution is 6.34. The van der Waals surface area contributed by atoms with E-state index in [2.05, 4.69) is 5.32 Å². The largest absolute Gasteiger partial charge is 0.494 e. The first kappa shape index (κ1) is 21.0. The summed E-state index contributed by atoms with van der Waals surface area (Å²) in [7, 11) is 0. The number of anilines is 1. The van der Waals surface area contributed by atoms with Crippen LogP contribution in [0.2, 0.25) is 0 Å². The van der Waals surface area contributed by atoms with E-state index in [0.717, 1.165) is 4.90 Å². The number of likely N-dealkylation sites (N-methyl/N-ethyl adjacent to an activating group) is 1. The van der Waals surface area contributed by atoms with Crippen LogP contribution in [-0.2, 0) is 9.53 Å². The van der Waals surface area contributed by atoms with E-state index in [9.17, 15) is 19.2 Å². The van der Waals surface area contributed by atoms with E-state index in [-0.39, 0.29) is 16.7 Å². The van der Waals surface area contributed by atoms with Crippen LogP contribution >= 0.6 is 0 Å². The first-order valence-corrected chi connectivity index (χ1v) is 9.61. The van der Waals surface area contributed by atoms with Crippen LogP contribution in [0.3, 0.4) is 0 Å². The Morgan fingerprint density at radius 3 is 2.30 bits per heavy atom. The van der Waals surface area contributed by atoms with Gasteiger partial charge in [-0.2, -0.15) is 0 Å². The smallest absolute Gasteiger partial charge is 0.338 e. The molecule has 1 aliphatic rings. The number of amides is 3. The minimum Gasteiger partial charge on any atom is -0.494 e. The molecule has 0 aromatic heterocycles. The lowest BCUT2D eigenvalue weighted by atomic mass is 10.1. The predicted octanol–water partition coefficient (Wildman–Crippen LogP) is 2.57. The van der Waals surface area contributed by atoms with Crippen molar-refractivity contribution >= 4 is 29.4 Å². The van der Waals surface area contributed by atoms with Crippen molar-refractivity contribution in [1.82, 2.24) is 5.32 Å². The number of nitrogens with zero attached hydrogens (tertiary/aromatic N) is 1. The van der Waals surface area contributed by atoms with Gasteiger partial charge in [-0.3, -0.25) is 14.4 Å². The number of imide groups is 1. The molecule has 1 heterocycles. The average Bonchev–Trinajstić information content (AvgIpc) is 2.99. The van der Waals surface area contributed by atoms with E-state index in [1.807, 2.05) is 6.92 Å². The quantitative estimate of drug-likeness (QED) is 0.556. The third-order valence-electron chi connectivity index (χ3n) is 4.53. The second-order valence-electron chi connectivity index (χ2n) is 6.58. The second kappa shape index (κ2) is 8.77. The van der Waals surface area contributed by atoms with Crippen LogP contribution in [0.25, 0.3) is 0 Å². The fourth-order valence-corrected chi connectivity index (χ4v) is 3.06. The SMILES string of the molecule is CCNC(=O)[C@@H](C)OC(=O)c1ccc2c(c1)C(=O)N(c1ccc(OCC)cc1)C2=O. The van der Waals surface area contributed by atoms with Gasteiger partial charge in [0.2, 0.25) is 0 Å². The van der Waals surface area contributed by atoms with Crippen molar-refractivity contribution in [3.8, 4) is 5.75 Å². The number of ether oxygens (including phenoxy) is 2. The molecule has 1 aliphatic heterocycles. The van der Waals surface area contributed by atoms with Gasteiger partial charge in [0.25, 0.3) is 17.7 Å². The Kier molecular flexibility index (Phi) is 6.15. The van der Waals surface area contributed by atoms with Crippen molar-refractivity contribution in [2.45, 2.75) is 26.9 Å². The highest BCUT2D eigenvalue weighted by Crippen LogP contribution is 2.30. The number of fused-ring (bicyclic) bond motifs is 1. The maximum atomic E-state index is 12.9. The van der Waals surface area contributed by atoms with Crippen LogP contribution < -0.4 is 15.0 Å². The van der Waals surface area contributed by atoms with Crippen LogP contribution in [0, 0.1) is 0 Å². The van der Waals surface area contributed by atoms with Gasteiger partial charge in [-0.1, -0.05) is 0 Å². The van der Waals surface area contributed by atoms with Gasteiger partial charge in [0.05, 0.1) is 29.0 Å². The van der Waals surface area contributed by atoms with Gasteiger partial charge < -0.3 is 14.8 Å². The molecule has 1 atom stereocenters. The molecule has 156 valence electrons. The molecule has 0 aliphatic carbocycles. The third kappa shape index (κ3) is 4.03. The van der Waals surface area contributed by atoms with Crippen molar-refractivity contribution < 1.29 is 28.7 Å². The summed E-state index contributed by atoms with van der Waals surface area (Å²) in [6.45, 7) is 5.99. The molecule has 8 heteroatoms. The Morgan fingerprint density at radius 2 is 1.67 bits per heavy atom. The Morgan fingerprint density at radius 1 is 1.00 bits per heavy atom. The van der Waals surface area contributed by atoms with E-state index in [0.29, 0.717) is 24.6 Å². The van der Waals surface area contributed by atoms with E-state index in [1.165, 1.54) is 25.1 Å². The monoisotopic (exact) mass is 410 g/mol. The summed E-state index contributed by atoms with van der Waals surface area (Å²) < 4.78 is 10.5. The van der Waals surface area contributed by atoms with Crippen LogP contribution in [0.5, 0.6) is 5.75 Å². The molecule has 0 saturated heterocycles. The summed E-state index contributed by atoms with van der Waals surface area (Å²) in [6.07, 6.45) is -0.983. The minimum atomic E-state index is -0.983. The molecular formula is C22H22N2O6. The van der Waals surface area contributed by atoms with Gasteiger partial charge in [-0.25, -0.2) is 9.69 Å². The van der Waals surface area contributed by atoms with Crippen LogP contribution in [0.1, 0.15) is 51.8 Å². The van der Waals surface area contributed by atoms with Crippen molar-refractivity contribution in [3.05, 3.63) is 59.2 Å². The molecule has 0 fully saturated rings. The third-order valence-corrected chi connectivity index (χ3v) is 4.53. The van der Waals surface area contributed by atoms with Gasteiger partial charge in [-0.05, 0) is 63.2 Å². The highest BCUT2D eigenvalue weighted by atomic mass is 16.5. The number of hydrogen-bond donors (Lipinski definition) is 1. The molecule has 0 radical (unpaired) electrons. The Hall–Kier alpha value is -3.68. The van der Waals surface area contributed by atoms with Crippen molar-refractivity contribution in [1.29, 1.82) is 0 Å². The molecule has 0 unspecified atom stereocenters. The number of benzene rings is 2. The number of esters is 1. The maximum Gasteiger partial charge on any atom is 0.338 e. The van der Waals surface area contributed by atoms with Gasteiger partial charge in [-0.15, -0.1) is 0 Å². The van der Waals surface area contributed by atoms with Crippen molar-refractivity contribution in [2.75, 3.05) is 18.1 Å². The molecule has 0 bridgehead atoms. The van der Waals surface area contributed by atoms with Crippen LogP contribution in [0.4, 0.5) is 5.69 Å². The lowest BCUT2D eigenvalue weighted by Gasteiger charge is -2.14. The molecule has 1 N–H and O–H groups in total. The van der Waals surface area contributed by atoms with Crippen LogP contribution in [0.15, 0.2) is 42.5 Å². The molecule has 2 aromatic rings. The zero-order valence-corrected chi connectivity index (χ0v) is 16.9. The first-order valence-electron chi connectivity index (χ1n) is 9.61. The fourth-order valence-electron chi connectivity index (χ4n) is 3.06. The zero-order valence-electron chi connectivity index (χ0n) is 16.9.